The number of anilines is 3. The van der Waals surface area contributed by atoms with Gasteiger partial charge in [0.1, 0.15) is 11.6 Å². The summed E-state index contributed by atoms with van der Waals surface area (Å²) in [6.07, 6.45) is -3.61. The lowest BCUT2D eigenvalue weighted by Gasteiger charge is -2.36. The summed E-state index contributed by atoms with van der Waals surface area (Å²) in [6.45, 7) is 5.24. The molecule has 0 bridgehead atoms. The summed E-state index contributed by atoms with van der Waals surface area (Å²) in [5.74, 6) is 0.838. The second-order valence-electron chi connectivity index (χ2n) is 7.00. The molecule has 2 aromatic heterocycles. The van der Waals surface area contributed by atoms with Crippen LogP contribution < -0.4 is 15.5 Å². The summed E-state index contributed by atoms with van der Waals surface area (Å²) in [5, 5.41) is 0. The Bertz CT molecular complexity index is 871. The van der Waals surface area contributed by atoms with E-state index in [1.807, 2.05) is 16.7 Å². The van der Waals surface area contributed by atoms with Crippen molar-refractivity contribution >= 4 is 17.6 Å². The zero-order valence-electron chi connectivity index (χ0n) is 15.4. The fraction of sp³-hybridized carbons (Fsp3) is 0.500. The SMILES string of the molecule is C[C@H]1COCCN1c1nc(-c2ccc(N)nc2C(F)(F)F)cc(N2CCC2)n1. The van der Waals surface area contributed by atoms with E-state index in [4.69, 9.17) is 10.5 Å². The first-order valence-corrected chi connectivity index (χ1v) is 9.15. The largest absolute Gasteiger partial charge is 0.434 e. The number of halogens is 3. The van der Waals surface area contributed by atoms with E-state index in [0.29, 0.717) is 31.5 Å². The van der Waals surface area contributed by atoms with Crippen LogP contribution in [0, 0.1) is 0 Å². The minimum absolute atomic E-state index is 0.0277. The molecule has 150 valence electrons. The van der Waals surface area contributed by atoms with Gasteiger partial charge in [-0.1, -0.05) is 0 Å². The minimum atomic E-state index is -4.64. The number of nitrogens with two attached hydrogens (primary N) is 1. The van der Waals surface area contributed by atoms with Crippen LogP contribution in [0.15, 0.2) is 18.2 Å². The lowest BCUT2D eigenvalue weighted by molar-refractivity contribution is -0.140. The Hall–Kier alpha value is -2.62. The summed E-state index contributed by atoms with van der Waals surface area (Å²) >= 11 is 0. The van der Waals surface area contributed by atoms with Gasteiger partial charge in [-0.15, -0.1) is 0 Å². The smallest absolute Gasteiger partial charge is 0.384 e. The van der Waals surface area contributed by atoms with Gasteiger partial charge in [-0.2, -0.15) is 18.2 Å². The van der Waals surface area contributed by atoms with Crippen LogP contribution in [0.25, 0.3) is 11.3 Å². The number of aromatic nitrogens is 3. The molecule has 2 aliphatic rings. The lowest BCUT2D eigenvalue weighted by atomic mass is 10.1. The first-order chi connectivity index (χ1) is 13.3. The van der Waals surface area contributed by atoms with Crippen LogP contribution in [0.2, 0.25) is 0 Å². The molecule has 0 unspecified atom stereocenters. The maximum atomic E-state index is 13.6. The Labute approximate surface area is 160 Å². The van der Waals surface area contributed by atoms with Crippen molar-refractivity contribution in [3.8, 4) is 11.3 Å². The van der Waals surface area contributed by atoms with Gasteiger partial charge in [0.15, 0.2) is 5.69 Å². The Morgan fingerprint density at radius 1 is 1.14 bits per heavy atom. The predicted octanol–water partition coefficient (Wildman–Crippen LogP) is 2.57. The van der Waals surface area contributed by atoms with Crippen molar-refractivity contribution in [2.75, 3.05) is 48.4 Å². The number of pyridine rings is 1. The van der Waals surface area contributed by atoms with E-state index in [9.17, 15) is 13.2 Å². The first-order valence-electron chi connectivity index (χ1n) is 9.15. The van der Waals surface area contributed by atoms with E-state index in [1.165, 1.54) is 12.1 Å². The summed E-state index contributed by atoms with van der Waals surface area (Å²) in [5.41, 5.74) is 4.54. The molecule has 28 heavy (non-hydrogen) atoms. The Kier molecular flexibility index (Phi) is 4.74. The van der Waals surface area contributed by atoms with E-state index in [2.05, 4.69) is 15.0 Å². The molecule has 2 saturated heterocycles. The van der Waals surface area contributed by atoms with Crippen LogP contribution in [0.4, 0.5) is 30.8 Å². The molecule has 2 aliphatic heterocycles. The molecule has 4 heterocycles. The number of rotatable bonds is 3. The first kappa shape index (κ1) is 18.7. The van der Waals surface area contributed by atoms with Crippen molar-refractivity contribution in [2.24, 2.45) is 0 Å². The van der Waals surface area contributed by atoms with E-state index >= 15 is 0 Å². The number of hydrogen-bond acceptors (Lipinski definition) is 7. The molecule has 2 fully saturated rings. The van der Waals surface area contributed by atoms with Crippen LogP contribution in [0.3, 0.4) is 0 Å². The molecule has 0 aromatic carbocycles. The molecule has 0 saturated carbocycles. The average molecular weight is 394 g/mol. The van der Waals surface area contributed by atoms with Gasteiger partial charge < -0.3 is 20.3 Å². The predicted molar refractivity (Wildman–Crippen MR) is 99.1 cm³/mol. The zero-order valence-corrected chi connectivity index (χ0v) is 15.4. The van der Waals surface area contributed by atoms with Crippen molar-refractivity contribution in [2.45, 2.75) is 25.6 Å². The molecule has 0 radical (unpaired) electrons. The highest BCUT2D eigenvalue weighted by Crippen LogP contribution is 2.37. The molecule has 0 aliphatic carbocycles. The van der Waals surface area contributed by atoms with Crippen LogP contribution in [-0.4, -0.2) is 53.8 Å². The van der Waals surface area contributed by atoms with Crippen LogP contribution in [0.5, 0.6) is 0 Å². The zero-order chi connectivity index (χ0) is 19.9. The minimum Gasteiger partial charge on any atom is -0.384 e. The monoisotopic (exact) mass is 394 g/mol. The highest BCUT2D eigenvalue weighted by atomic mass is 19.4. The van der Waals surface area contributed by atoms with E-state index < -0.39 is 11.9 Å². The van der Waals surface area contributed by atoms with Gasteiger partial charge in [0.25, 0.3) is 0 Å². The Morgan fingerprint density at radius 3 is 2.57 bits per heavy atom. The van der Waals surface area contributed by atoms with E-state index in [0.717, 1.165) is 19.5 Å². The highest BCUT2D eigenvalue weighted by Gasteiger charge is 2.37. The maximum absolute atomic E-state index is 13.6. The van der Waals surface area contributed by atoms with E-state index in [1.54, 1.807) is 6.07 Å². The van der Waals surface area contributed by atoms with Gasteiger partial charge >= 0.3 is 6.18 Å². The van der Waals surface area contributed by atoms with Gasteiger partial charge in [-0.05, 0) is 25.5 Å². The molecule has 2 aromatic rings. The number of nitrogen functional groups attached to an aromatic ring is 1. The Balaban J connectivity index is 1.84. The third kappa shape index (κ3) is 3.56. The van der Waals surface area contributed by atoms with Crippen LogP contribution in [0.1, 0.15) is 19.0 Å². The van der Waals surface area contributed by atoms with Gasteiger partial charge in [-0.3, -0.25) is 0 Å². The normalized spacial score (nSPS) is 20.2. The molecule has 0 spiro atoms. The number of alkyl halides is 3. The average Bonchev–Trinajstić information content (AvgIpc) is 2.59. The number of morpholine rings is 1. The number of ether oxygens (including phenoxy) is 1. The number of hydrogen-bond donors (Lipinski definition) is 1. The molecule has 10 heteroatoms. The van der Waals surface area contributed by atoms with Crippen molar-refractivity contribution in [3.05, 3.63) is 23.9 Å². The van der Waals surface area contributed by atoms with E-state index in [-0.39, 0.29) is 23.1 Å². The quantitative estimate of drug-likeness (QED) is 0.857. The van der Waals surface area contributed by atoms with Gasteiger partial charge in [0, 0.05) is 31.3 Å². The van der Waals surface area contributed by atoms with Crippen LogP contribution in [-0.2, 0) is 10.9 Å². The summed E-state index contributed by atoms with van der Waals surface area (Å²) in [6, 6.07) is 4.29. The van der Waals surface area contributed by atoms with Gasteiger partial charge in [0.2, 0.25) is 5.95 Å². The molecule has 0 amide bonds. The lowest BCUT2D eigenvalue weighted by Crippen LogP contribution is -2.45. The number of nitrogens with zero attached hydrogens (tertiary/aromatic N) is 5. The topological polar surface area (TPSA) is 80.4 Å². The van der Waals surface area contributed by atoms with Crippen molar-refractivity contribution in [1.82, 2.24) is 15.0 Å². The summed E-state index contributed by atoms with van der Waals surface area (Å²) < 4.78 is 46.2. The van der Waals surface area contributed by atoms with Crippen molar-refractivity contribution in [3.63, 3.8) is 0 Å². The molecule has 4 rings (SSSR count). The summed E-state index contributed by atoms with van der Waals surface area (Å²) in [4.78, 5) is 16.6. The second-order valence-corrected chi connectivity index (χ2v) is 7.00. The van der Waals surface area contributed by atoms with Crippen LogP contribution >= 0.6 is 0 Å². The molecular weight excluding hydrogens is 373 g/mol. The molecule has 2 N–H and O–H groups in total. The third-order valence-electron chi connectivity index (χ3n) is 4.97. The molecular formula is C18H21F3N6O. The fourth-order valence-corrected chi connectivity index (χ4v) is 3.32. The third-order valence-corrected chi connectivity index (χ3v) is 4.97. The van der Waals surface area contributed by atoms with Crippen molar-refractivity contribution < 1.29 is 17.9 Å². The van der Waals surface area contributed by atoms with Gasteiger partial charge in [-0.25, -0.2) is 9.97 Å². The maximum Gasteiger partial charge on any atom is 0.434 e. The summed E-state index contributed by atoms with van der Waals surface area (Å²) in [7, 11) is 0. The second kappa shape index (κ2) is 7.08. The molecule has 7 nitrogen and oxygen atoms in total. The molecule has 1 atom stereocenters. The highest BCUT2D eigenvalue weighted by molar-refractivity contribution is 5.69. The Morgan fingerprint density at radius 2 is 1.93 bits per heavy atom. The van der Waals surface area contributed by atoms with Gasteiger partial charge in [0.05, 0.1) is 24.9 Å². The van der Waals surface area contributed by atoms with Crippen molar-refractivity contribution in [1.29, 1.82) is 0 Å². The standard InChI is InChI=1S/C18H21F3N6O/c1-11-10-28-8-7-27(11)17-23-13(9-15(25-17)26-5-2-6-26)12-3-4-14(22)24-16(12)18(19,20)21/h3-4,9,11H,2,5-8,10H2,1H3,(H2,22,24)/t11-/m0/s1. The fourth-order valence-electron chi connectivity index (χ4n) is 3.32.